The van der Waals surface area contributed by atoms with E-state index in [4.69, 9.17) is 4.74 Å². The zero-order chi connectivity index (χ0) is 14.8. The summed E-state index contributed by atoms with van der Waals surface area (Å²) in [6, 6.07) is 6.30. The van der Waals surface area contributed by atoms with Gasteiger partial charge in [0.1, 0.15) is 5.75 Å². The molecule has 0 N–H and O–H groups in total. The van der Waals surface area contributed by atoms with Crippen molar-refractivity contribution in [1.29, 1.82) is 0 Å². The summed E-state index contributed by atoms with van der Waals surface area (Å²) in [5, 5.41) is 0. The van der Waals surface area contributed by atoms with Gasteiger partial charge in [0.15, 0.2) is 0 Å². The minimum Gasteiger partial charge on any atom is -0.497 e. The highest BCUT2D eigenvalue weighted by atomic mass is 32.2. The third kappa shape index (κ3) is 2.78. The van der Waals surface area contributed by atoms with Gasteiger partial charge in [0, 0.05) is 19.2 Å². The van der Waals surface area contributed by atoms with Gasteiger partial charge < -0.3 is 9.47 Å². The second-order valence-corrected chi connectivity index (χ2v) is 6.49. The molecule has 20 heavy (non-hydrogen) atoms. The Balaban J connectivity index is 2.21. The van der Waals surface area contributed by atoms with Crippen LogP contribution in [0.1, 0.15) is 6.42 Å². The molecule has 1 unspecified atom stereocenters. The fourth-order valence-corrected chi connectivity index (χ4v) is 3.75. The van der Waals surface area contributed by atoms with Crippen LogP contribution in [0.15, 0.2) is 29.2 Å². The van der Waals surface area contributed by atoms with Crippen LogP contribution in [0.25, 0.3) is 0 Å². The zero-order valence-electron chi connectivity index (χ0n) is 11.4. The lowest BCUT2D eigenvalue weighted by molar-refractivity contribution is -0.144. The Kier molecular flexibility index (Phi) is 4.29. The van der Waals surface area contributed by atoms with Crippen molar-refractivity contribution in [1.82, 2.24) is 4.31 Å². The summed E-state index contributed by atoms with van der Waals surface area (Å²) in [5.74, 6) is -0.275. The first-order valence-electron chi connectivity index (χ1n) is 6.21. The van der Waals surface area contributed by atoms with Gasteiger partial charge in [0.25, 0.3) is 0 Å². The molecule has 0 aliphatic carbocycles. The standard InChI is InChI=1S/C13H17NO5S/c1-18-11-4-3-5-12(8-11)20(16,17)14-7-6-10(9-14)13(15)19-2/h3-5,8,10H,6-7,9H2,1-2H3. The number of hydrogen-bond acceptors (Lipinski definition) is 5. The van der Waals surface area contributed by atoms with E-state index in [-0.39, 0.29) is 23.3 Å². The third-order valence-electron chi connectivity index (χ3n) is 3.36. The second-order valence-electron chi connectivity index (χ2n) is 4.55. The molecule has 0 bridgehead atoms. The number of benzene rings is 1. The van der Waals surface area contributed by atoms with Gasteiger partial charge in [0.2, 0.25) is 10.0 Å². The molecular formula is C13H17NO5S. The molecule has 0 spiro atoms. The van der Waals surface area contributed by atoms with E-state index in [0.717, 1.165) is 0 Å². The van der Waals surface area contributed by atoms with E-state index in [1.807, 2.05) is 0 Å². The molecule has 1 fully saturated rings. The first kappa shape index (κ1) is 14.8. The third-order valence-corrected chi connectivity index (χ3v) is 5.23. The fraction of sp³-hybridized carbons (Fsp3) is 0.462. The van der Waals surface area contributed by atoms with Crippen molar-refractivity contribution in [2.24, 2.45) is 5.92 Å². The van der Waals surface area contributed by atoms with Crippen molar-refractivity contribution in [2.45, 2.75) is 11.3 Å². The quantitative estimate of drug-likeness (QED) is 0.772. The van der Waals surface area contributed by atoms with Crippen LogP contribution in [0, 0.1) is 5.92 Å². The van der Waals surface area contributed by atoms with Gasteiger partial charge in [-0.2, -0.15) is 4.31 Å². The lowest BCUT2D eigenvalue weighted by atomic mass is 10.1. The molecule has 6 nitrogen and oxygen atoms in total. The van der Waals surface area contributed by atoms with Crippen LogP contribution in [0.4, 0.5) is 0 Å². The van der Waals surface area contributed by atoms with E-state index in [2.05, 4.69) is 4.74 Å². The molecule has 1 aromatic carbocycles. The Morgan fingerprint density at radius 3 is 2.75 bits per heavy atom. The number of rotatable bonds is 4. The van der Waals surface area contributed by atoms with Gasteiger partial charge in [-0.25, -0.2) is 8.42 Å². The first-order chi connectivity index (χ1) is 9.48. The van der Waals surface area contributed by atoms with Gasteiger partial charge in [-0.15, -0.1) is 0 Å². The van der Waals surface area contributed by atoms with E-state index in [9.17, 15) is 13.2 Å². The van der Waals surface area contributed by atoms with Crippen molar-refractivity contribution >= 4 is 16.0 Å². The summed E-state index contributed by atoms with van der Waals surface area (Å²) in [5.41, 5.74) is 0. The normalized spacial score (nSPS) is 19.8. The number of sulfonamides is 1. The molecular weight excluding hydrogens is 282 g/mol. The molecule has 1 aromatic rings. The Hall–Kier alpha value is -1.60. The molecule has 7 heteroatoms. The van der Waals surface area contributed by atoms with Crippen LogP contribution in [0.2, 0.25) is 0 Å². The lowest BCUT2D eigenvalue weighted by Crippen LogP contribution is -2.30. The second kappa shape index (κ2) is 5.80. The number of esters is 1. The number of nitrogens with zero attached hydrogens (tertiary/aromatic N) is 1. The number of hydrogen-bond donors (Lipinski definition) is 0. The maximum absolute atomic E-state index is 12.5. The summed E-state index contributed by atoms with van der Waals surface area (Å²) in [7, 11) is -0.812. The number of ether oxygens (including phenoxy) is 2. The van der Waals surface area contributed by atoms with Crippen molar-refractivity contribution < 1.29 is 22.7 Å². The Bertz CT molecular complexity index is 599. The summed E-state index contributed by atoms with van der Waals surface area (Å²) < 4.78 is 36.0. The van der Waals surface area contributed by atoms with Crippen LogP contribution >= 0.6 is 0 Å². The van der Waals surface area contributed by atoms with E-state index >= 15 is 0 Å². The van der Waals surface area contributed by atoms with Crippen molar-refractivity contribution in [3.8, 4) is 5.75 Å². The van der Waals surface area contributed by atoms with Gasteiger partial charge in [-0.1, -0.05) is 6.07 Å². The summed E-state index contributed by atoms with van der Waals surface area (Å²) in [6.07, 6.45) is 0.482. The molecule has 1 aliphatic heterocycles. The van der Waals surface area contributed by atoms with Crippen LogP contribution in [-0.2, 0) is 19.6 Å². The fourth-order valence-electron chi connectivity index (χ4n) is 2.22. The minimum absolute atomic E-state index is 0.159. The highest BCUT2D eigenvalue weighted by Gasteiger charge is 2.36. The van der Waals surface area contributed by atoms with Crippen LogP contribution < -0.4 is 4.74 Å². The molecule has 1 atom stereocenters. The molecule has 0 aromatic heterocycles. The van der Waals surface area contributed by atoms with Gasteiger partial charge in [-0.3, -0.25) is 4.79 Å². The molecule has 1 saturated heterocycles. The predicted octanol–water partition coefficient (Wildman–Crippen LogP) is 0.879. The van der Waals surface area contributed by atoms with Crippen molar-refractivity contribution in [2.75, 3.05) is 27.3 Å². The van der Waals surface area contributed by atoms with Crippen LogP contribution in [-0.4, -0.2) is 46.0 Å². The van der Waals surface area contributed by atoms with E-state index in [1.54, 1.807) is 12.1 Å². The van der Waals surface area contributed by atoms with Crippen molar-refractivity contribution in [3.63, 3.8) is 0 Å². The molecule has 1 heterocycles. The zero-order valence-corrected chi connectivity index (χ0v) is 12.2. The van der Waals surface area contributed by atoms with E-state index < -0.39 is 10.0 Å². The molecule has 2 rings (SSSR count). The van der Waals surface area contributed by atoms with Gasteiger partial charge >= 0.3 is 5.97 Å². The van der Waals surface area contributed by atoms with Crippen LogP contribution in [0.3, 0.4) is 0 Å². The highest BCUT2D eigenvalue weighted by Crippen LogP contribution is 2.26. The smallest absolute Gasteiger partial charge is 0.310 e. The molecule has 0 radical (unpaired) electrons. The average molecular weight is 299 g/mol. The molecule has 0 amide bonds. The van der Waals surface area contributed by atoms with Gasteiger partial charge in [0.05, 0.1) is 25.0 Å². The van der Waals surface area contributed by atoms with Crippen molar-refractivity contribution in [3.05, 3.63) is 24.3 Å². The maximum atomic E-state index is 12.5. The monoisotopic (exact) mass is 299 g/mol. The van der Waals surface area contributed by atoms with E-state index in [1.165, 1.54) is 30.7 Å². The molecule has 110 valence electrons. The van der Waals surface area contributed by atoms with Gasteiger partial charge in [-0.05, 0) is 18.6 Å². The number of carbonyl (C=O) groups excluding carboxylic acids is 1. The Morgan fingerprint density at radius 1 is 1.35 bits per heavy atom. The Morgan fingerprint density at radius 2 is 2.10 bits per heavy atom. The summed E-state index contributed by atoms with van der Waals surface area (Å²) in [6.45, 7) is 0.478. The minimum atomic E-state index is -3.60. The SMILES string of the molecule is COC(=O)C1CCN(S(=O)(=O)c2cccc(OC)c2)C1. The first-order valence-corrected chi connectivity index (χ1v) is 7.65. The number of carbonyl (C=O) groups is 1. The summed E-state index contributed by atoms with van der Waals surface area (Å²) in [4.78, 5) is 11.6. The summed E-state index contributed by atoms with van der Waals surface area (Å²) >= 11 is 0. The largest absolute Gasteiger partial charge is 0.497 e. The lowest BCUT2D eigenvalue weighted by Gasteiger charge is -2.16. The predicted molar refractivity (Wildman–Crippen MR) is 71.9 cm³/mol. The number of methoxy groups -OCH3 is 2. The highest BCUT2D eigenvalue weighted by molar-refractivity contribution is 7.89. The molecule has 0 saturated carbocycles. The Labute approximate surface area is 118 Å². The van der Waals surface area contributed by atoms with Crippen LogP contribution in [0.5, 0.6) is 5.75 Å². The average Bonchev–Trinajstić information content (AvgIpc) is 2.97. The molecule has 1 aliphatic rings. The maximum Gasteiger partial charge on any atom is 0.310 e. The van der Waals surface area contributed by atoms with E-state index in [0.29, 0.717) is 18.7 Å². The topological polar surface area (TPSA) is 72.9 Å².